The van der Waals surface area contributed by atoms with Gasteiger partial charge in [0.25, 0.3) is 0 Å². The third-order valence-corrected chi connectivity index (χ3v) is 2.62. The Morgan fingerprint density at radius 3 is 2.50 bits per heavy atom. The quantitative estimate of drug-likeness (QED) is 0.699. The summed E-state index contributed by atoms with van der Waals surface area (Å²) in [6.45, 7) is 3.12. The van der Waals surface area contributed by atoms with Gasteiger partial charge < -0.3 is 5.11 Å². The zero-order chi connectivity index (χ0) is 11.0. The van der Waals surface area contributed by atoms with Crippen LogP contribution in [0.3, 0.4) is 0 Å². The topological polar surface area (TPSA) is 20.2 Å². The van der Waals surface area contributed by atoms with E-state index in [9.17, 15) is 18.3 Å². The summed E-state index contributed by atoms with van der Waals surface area (Å²) in [7, 11) is 0. The Hall–Kier alpha value is -0.770. The van der Waals surface area contributed by atoms with E-state index < -0.39 is 23.3 Å². The van der Waals surface area contributed by atoms with Crippen molar-refractivity contribution in [3.63, 3.8) is 0 Å². The average Bonchev–Trinajstić information content (AvgIpc) is 2.02. The van der Waals surface area contributed by atoms with Crippen LogP contribution in [0.2, 0.25) is 0 Å². The summed E-state index contributed by atoms with van der Waals surface area (Å²) in [5.41, 5.74) is -1.48. The first-order valence-electron chi connectivity index (χ1n) is 4.40. The SMILES string of the molecule is CC(O)C1(C)C=C(C(F)(F)F)C=CC1. The van der Waals surface area contributed by atoms with Crippen LogP contribution in [0, 0.1) is 5.41 Å². The molecule has 0 saturated carbocycles. The molecule has 4 heteroatoms. The number of aliphatic hydroxyl groups is 1. The molecule has 0 aromatic rings. The molecule has 2 atom stereocenters. The van der Waals surface area contributed by atoms with Gasteiger partial charge in [-0.15, -0.1) is 0 Å². The molecule has 0 aromatic carbocycles. The van der Waals surface area contributed by atoms with Crippen molar-refractivity contribution in [2.75, 3.05) is 0 Å². The third-order valence-electron chi connectivity index (χ3n) is 2.62. The van der Waals surface area contributed by atoms with E-state index in [-0.39, 0.29) is 0 Å². The second-order valence-corrected chi connectivity index (χ2v) is 3.89. The van der Waals surface area contributed by atoms with Crippen LogP contribution in [0.15, 0.2) is 23.8 Å². The first-order chi connectivity index (χ1) is 6.26. The minimum Gasteiger partial charge on any atom is -0.393 e. The normalized spacial score (nSPS) is 30.0. The van der Waals surface area contributed by atoms with E-state index in [1.165, 1.54) is 13.0 Å². The molecular weight excluding hydrogens is 193 g/mol. The minimum absolute atomic E-state index is 0.435. The molecule has 0 aliphatic heterocycles. The van der Waals surface area contributed by atoms with Gasteiger partial charge in [-0.25, -0.2) is 0 Å². The summed E-state index contributed by atoms with van der Waals surface area (Å²) in [5, 5.41) is 9.37. The predicted octanol–water partition coefficient (Wildman–Crippen LogP) is 2.82. The van der Waals surface area contributed by atoms with Crippen molar-refractivity contribution in [1.29, 1.82) is 0 Å². The van der Waals surface area contributed by atoms with E-state index >= 15 is 0 Å². The molecule has 0 aromatic heterocycles. The molecule has 0 bridgehead atoms. The maximum absolute atomic E-state index is 12.3. The van der Waals surface area contributed by atoms with Gasteiger partial charge in [-0.3, -0.25) is 0 Å². The summed E-state index contributed by atoms with van der Waals surface area (Å²) in [6.07, 6.45) is -1.06. The lowest BCUT2D eigenvalue weighted by Crippen LogP contribution is -2.30. The van der Waals surface area contributed by atoms with Gasteiger partial charge in [-0.2, -0.15) is 13.2 Å². The predicted molar refractivity (Wildman–Crippen MR) is 47.7 cm³/mol. The van der Waals surface area contributed by atoms with E-state index in [2.05, 4.69) is 0 Å². The standard InChI is InChI=1S/C10H13F3O/c1-7(14)9(2)5-3-4-8(6-9)10(11,12)13/h3-4,6-7,14H,5H2,1-2H3. The highest BCUT2D eigenvalue weighted by molar-refractivity contribution is 5.31. The smallest absolute Gasteiger partial charge is 0.393 e. The molecule has 0 amide bonds. The lowest BCUT2D eigenvalue weighted by molar-refractivity contribution is -0.0900. The Morgan fingerprint density at radius 1 is 1.50 bits per heavy atom. The van der Waals surface area contributed by atoms with E-state index in [0.29, 0.717) is 6.42 Å². The zero-order valence-corrected chi connectivity index (χ0v) is 8.10. The van der Waals surface area contributed by atoms with Crippen molar-refractivity contribution in [3.8, 4) is 0 Å². The van der Waals surface area contributed by atoms with E-state index in [1.54, 1.807) is 6.92 Å². The fourth-order valence-electron chi connectivity index (χ4n) is 1.37. The molecule has 1 aliphatic rings. The monoisotopic (exact) mass is 206 g/mol. The summed E-state index contributed by atoms with van der Waals surface area (Å²) in [5.74, 6) is 0. The minimum atomic E-state index is -4.33. The summed E-state index contributed by atoms with van der Waals surface area (Å²) in [6, 6.07) is 0. The zero-order valence-electron chi connectivity index (χ0n) is 8.10. The van der Waals surface area contributed by atoms with E-state index in [4.69, 9.17) is 0 Å². The fraction of sp³-hybridized carbons (Fsp3) is 0.600. The van der Waals surface area contributed by atoms with Crippen LogP contribution in [0.4, 0.5) is 13.2 Å². The van der Waals surface area contributed by atoms with Crippen molar-refractivity contribution < 1.29 is 18.3 Å². The molecule has 0 heterocycles. The molecular formula is C10H13F3O. The molecule has 80 valence electrons. The molecule has 2 unspecified atom stereocenters. The summed E-state index contributed by atoms with van der Waals surface area (Å²) >= 11 is 0. The number of allylic oxidation sites excluding steroid dienone is 3. The highest BCUT2D eigenvalue weighted by Crippen LogP contribution is 2.38. The van der Waals surface area contributed by atoms with Crippen molar-refractivity contribution in [3.05, 3.63) is 23.8 Å². The van der Waals surface area contributed by atoms with Crippen LogP contribution in [-0.2, 0) is 0 Å². The van der Waals surface area contributed by atoms with Crippen molar-refractivity contribution >= 4 is 0 Å². The summed E-state index contributed by atoms with van der Waals surface area (Å²) < 4.78 is 37.0. The first kappa shape index (κ1) is 11.3. The molecule has 1 aliphatic carbocycles. The van der Waals surface area contributed by atoms with E-state index in [1.807, 2.05) is 0 Å². The molecule has 1 rings (SSSR count). The van der Waals surface area contributed by atoms with Gasteiger partial charge in [0.05, 0.1) is 11.7 Å². The van der Waals surface area contributed by atoms with Gasteiger partial charge >= 0.3 is 6.18 Å². The molecule has 0 fully saturated rings. The van der Waals surface area contributed by atoms with Crippen molar-refractivity contribution in [2.45, 2.75) is 32.5 Å². The largest absolute Gasteiger partial charge is 0.416 e. The lowest BCUT2D eigenvalue weighted by atomic mass is 9.77. The second kappa shape index (κ2) is 3.42. The summed E-state index contributed by atoms with van der Waals surface area (Å²) in [4.78, 5) is 0. The van der Waals surface area contributed by atoms with Crippen LogP contribution in [0.25, 0.3) is 0 Å². The average molecular weight is 206 g/mol. The number of halogens is 3. The van der Waals surface area contributed by atoms with Crippen LogP contribution in [0.5, 0.6) is 0 Å². The fourth-order valence-corrected chi connectivity index (χ4v) is 1.37. The Kier molecular flexibility index (Phi) is 2.76. The van der Waals surface area contributed by atoms with Gasteiger partial charge in [-0.1, -0.05) is 25.2 Å². The second-order valence-electron chi connectivity index (χ2n) is 3.89. The highest BCUT2D eigenvalue weighted by atomic mass is 19.4. The van der Waals surface area contributed by atoms with Crippen LogP contribution >= 0.6 is 0 Å². The van der Waals surface area contributed by atoms with Crippen LogP contribution in [-0.4, -0.2) is 17.4 Å². The Labute approximate surface area is 80.9 Å². The maximum Gasteiger partial charge on any atom is 0.416 e. The number of aliphatic hydroxyl groups excluding tert-OH is 1. The van der Waals surface area contributed by atoms with Gasteiger partial charge in [0.1, 0.15) is 0 Å². The lowest BCUT2D eigenvalue weighted by Gasteiger charge is -2.31. The Morgan fingerprint density at radius 2 is 2.07 bits per heavy atom. The van der Waals surface area contributed by atoms with Gasteiger partial charge in [0.2, 0.25) is 0 Å². The number of hydrogen-bond acceptors (Lipinski definition) is 1. The molecule has 0 radical (unpaired) electrons. The van der Waals surface area contributed by atoms with Crippen molar-refractivity contribution in [2.24, 2.45) is 5.41 Å². The molecule has 0 saturated heterocycles. The Bertz CT molecular complexity index is 276. The van der Waals surface area contributed by atoms with Gasteiger partial charge in [0.15, 0.2) is 0 Å². The highest BCUT2D eigenvalue weighted by Gasteiger charge is 2.38. The van der Waals surface area contributed by atoms with Crippen LogP contribution < -0.4 is 0 Å². The molecule has 1 N–H and O–H groups in total. The Balaban J connectivity index is 3.00. The first-order valence-corrected chi connectivity index (χ1v) is 4.40. The number of hydrogen-bond donors (Lipinski definition) is 1. The molecule has 0 spiro atoms. The van der Waals surface area contributed by atoms with Crippen molar-refractivity contribution in [1.82, 2.24) is 0 Å². The molecule has 1 nitrogen and oxygen atoms in total. The van der Waals surface area contributed by atoms with Gasteiger partial charge in [-0.05, 0) is 13.3 Å². The maximum atomic E-state index is 12.3. The number of alkyl halides is 3. The van der Waals surface area contributed by atoms with Crippen LogP contribution in [0.1, 0.15) is 20.3 Å². The van der Waals surface area contributed by atoms with Gasteiger partial charge in [0, 0.05) is 5.41 Å². The van der Waals surface area contributed by atoms with E-state index in [0.717, 1.165) is 12.2 Å². The number of rotatable bonds is 1. The third kappa shape index (κ3) is 2.18. The molecule has 14 heavy (non-hydrogen) atoms.